The molecular weight excluding hydrogens is 364 g/mol. The van der Waals surface area contributed by atoms with E-state index in [1.807, 2.05) is 0 Å². The van der Waals surface area contributed by atoms with Crippen molar-refractivity contribution in [2.45, 2.75) is 53.1 Å². The van der Waals surface area contributed by atoms with Gasteiger partial charge in [-0.05, 0) is 55.5 Å². The highest BCUT2D eigenvalue weighted by Gasteiger charge is 2.28. The number of hydrogen-bond acceptors (Lipinski definition) is 2. The minimum atomic E-state index is 0.172. The third kappa shape index (κ3) is 5.59. The fraction of sp³-hybridized carbons (Fsp3) is 0.650. The number of halogens is 1. The smallest absolute Gasteiger partial charge is 0.223 e. The van der Waals surface area contributed by atoms with Gasteiger partial charge in [0.15, 0.2) is 0 Å². The maximum atomic E-state index is 12.6. The van der Waals surface area contributed by atoms with Gasteiger partial charge in [-0.25, -0.2) is 0 Å². The zero-order valence-corrected chi connectivity index (χ0v) is 17.0. The average Bonchev–Trinajstić information content (AvgIpc) is 2.54. The number of likely N-dealkylation sites (tertiary alicyclic amines) is 1. The first-order valence-electron chi connectivity index (χ1n) is 9.14. The van der Waals surface area contributed by atoms with Gasteiger partial charge in [-0.2, -0.15) is 0 Å². The van der Waals surface area contributed by atoms with Gasteiger partial charge in [0.2, 0.25) is 5.91 Å². The molecule has 1 aromatic carbocycles. The van der Waals surface area contributed by atoms with E-state index < -0.39 is 0 Å². The summed E-state index contributed by atoms with van der Waals surface area (Å²) < 4.78 is 1.12. The van der Waals surface area contributed by atoms with Crippen LogP contribution < -0.4 is 5.32 Å². The van der Waals surface area contributed by atoms with Crippen molar-refractivity contribution in [3.63, 3.8) is 0 Å². The predicted octanol–water partition coefficient (Wildman–Crippen LogP) is 4.46. The maximum Gasteiger partial charge on any atom is 0.223 e. The molecule has 1 amide bonds. The van der Waals surface area contributed by atoms with Gasteiger partial charge in [0.1, 0.15) is 0 Å². The summed E-state index contributed by atoms with van der Waals surface area (Å²) in [4.78, 5) is 15.0. The van der Waals surface area contributed by atoms with E-state index in [1.165, 1.54) is 5.56 Å². The number of rotatable bonds is 6. The van der Waals surface area contributed by atoms with Crippen LogP contribution in [0.4, 0.5) is 0 Å². The topological polar surface area (TPSA) is 32.3 Å². The summed E-state index contributed by atoms with van der Waals surface area (Å²) in [5, 5.41) is 3.29. The van der Waals surface area contributed by atoms with Crippen LogP contribution in [0.5, 0.6) is 0 Å². The van der Waals surface area contributed by atoms with Gasteiger partial charge in [-0.1, -0.05) is 55.8 Å². The second-order valence-electron chi connectivity index (χ2n) is 7.70. The summed E-state index contributed by atoms with van der Waals surface area (Å²) in [7, 11) is 0. The molecule has 0 radical (unpaired) electrons. The molecule has 1 aromatic rings. The van der Waals surface area contributed by atoms with E-state index >= 15 is 0 Å². The molecule has 24 heavy (non-hydrogen) atoms. The first-order valence-corrected chi connectivity index (χ1v) is 9.93. The first-order chi connectivity index (χ1) is 11.4. The van der Waals surface area contributed by atoms with Crippen LogP contribution in [-0.4, -0.2) is 29.9 Å². The van der Waals surface area contributed by atoms with Crippen LogP contribution >= 0.6 is 15.9 Å². The lowest BCUT2D eigenvalue weighted by Gasteiger charge is -2.33. The summed E-state index contributed by atoms with van der Waals surface area (Å²) in [5.74, 6) is 1.38. The molecule has 1 fully saturated rings. The van der Waals surface area contributed by atoms with Crippen molar-refractivity contribution in [2.75, 3.05) is 13.1 Å². The number of nitrogens with zero attached hydrogens (tertiary/aromatic N) is 1. The molecule has 1 saturated heterocycles. The van der Waals surface area contributed by atoms with E-state index in [2.05, 4.69) is 78.1 Å². The molecule has 0 atom stereocenters. The molecule has 0 aliphatic carbocycles. The molecule has 4 heteroatoms. The molecule has 0 spiro atoms. The van der Waals surface area contributed by atoms with Crippen molar-refractivity contribution < 1.29 is 4.79 Å². The van der Waals surface area contributed by atoms with Crippen molar-refractivity contribution >= 4 is 21.8 Å². The molecule has 134 valence electrons. The number of piperidine rings is 1. The molecule has 3 nitrogen and oxygen atoms in total. The van der Waals surface area contributed by atoms with Gasteiger partial charge >= 0.3 is 0 Å². The van der Waals surface area contributed by atoms with E-state index in [-0.39, 0.29) is 17.9 Å². The third-order valence-corrected chi connectivity index (χ3v) is 5.55. The van der Waals surface area contributed by atoms with E-state index in [9.17, 15) is 4.79 Å². The molecule has 0 saturated carbocycles. The molecule has 0 aromatic heterocycles. The second kappa shape index (κ2) is 9.00. The van der Waals surface area contributed by atoms with Crippen LogP contribution in [0.3, 0.4) is 0 Å². The Kier molecular flexibility index (Phi) is 7.30. The molecule has 2 rings (SSSR count). The van der Waals surface area contributed by atoms with Crippen molar-refractivity contribution in [1.29, 1.82) is 0 Å². The minimum absolute atomic E-state index is 0.172. The first kappa shape index (κ1) is 19.5. The zero-order chi connectivity index (χ0) is 17.7. The summed E-state index contributed by atoms with van der Waals surface area (Å²) in [6, 6.07) is 8.79. The second-order valence-corrected chi connectivity index (χ2v) is 8.61. The normalized spacial score (nSPS) is 17.0. The number of carbonyl (C=O) groups excluding carboxylic acids is 1. The van der Waals surface area contributed by atoms with Crippen LogP contribution in [0.1, 0.15) is 46.1 Å². The van der Waals surface area contributed by atoms with Gasteiger partial charge in [0.05, 0.1) is 0 Å². The van der Waals surface area contributed by atoms with E-state index in [4.69, 9.17) is 0 Å². The zero-order valence-electron chi connectivity index (χ0n) is 15.4. The van der Waals surface area contributed by atoms with E-state index in [1.54, 1.807) is 0 Å². The van der Waals surface area contributed by atoms with Crippen molar-refractivity contribution in [3.8, 4) is 0 Å². The van der Waals surface area contributed by atoms with Crippen molar-refractivity contribution in [3.05, 3.63) is 34.3 Å². The summed E-state index contributed by atoms with van der Waals surface area (Å²) in [6.07, 6.45) is 1.93. The number of benzene rings is 1. The Bertz CT molecular complexity index is 511. The Balaban J connectivity index is 1.81. The molecule has 1 aliphatic heterocycles. The van der Waals surface area contributed by atoms with E-state index in [0.717, 1.165) is 36.9 Å². The van der Waals surface area contributed by atoms with E-state index in [0.29, 0.717) is 11.8 Å². The lowest BCUT2D eigenvalue weighted by Crippen LogP contribution is -2.47. The highest BCUT2D eigenvalue weighted by atomic mass is 79.9. The Morgan fingerprint density at radius 1 is 1.12 bits per heavy atom. The number of hydrogen-bond donors (Lipinski definition) is 1. The largest absolute Gasteiger partial charge is 0.353 e. The highest BCUT2D eigenvalue weighted by Crippen LogP contribution is 2.21. The van der Waals surface area contributed by atoms with Gasteiger partial charge in [-0.15, -0.1) is 0 Å². The van der Waals surface area contributed by atoms with Gasteiger partial charge in [-0.3, -0.25) is 9.69 Å². The molecule has 0 unspecified atom stereocenters. The Labute approximate surface area is 155 Å². The van der Waals surface area contributed by atoms with Crippen LogP contribution in [0, 0.1) is 17.8 Å². The van der Waals surface area contributed by atoms with Crippen LogP contribution in [0.2, 0.25) is 0 Å². The average molecular weight is 395 g/mol. The number of nitrogens with one attached hydrogen (secondary N) is 1. The lowest BCUT2D eigenvalue weighted by atomic mass is 9.90. The molecule has 1 heterocycles. The Morgan fingerprint density at radius 3 is 2.17 bits per heavy atom. The number of carbonyl (C=O) groups is 1. The standard InChI is InChI=1S/C20H31BrN2O/c1-14(2)19(15(3)4)22-20(24)17-9-11-23(12-10-17)13-16-5-7-18(21)8-6-16/h5-8,14-15,17,19H,9-13H2,1-4H3,(H,22,24). The molecule has 0 bridgehead atoms. The summed E-state index contributed by atoms with van der Waals surface area (Å²) in [6.45, 7) is 11.7. The maximum absolute atomic E-state index is 12.6. The van der Waals surface area contributed by atoms with Gasteiger partial charge in [0.25, 0.3) is 0 Å². The molecular formula is C20H31BrN2O. The number of amides is 1. The fourth-order valence-electron chi connectivity index (χ4n) is 3.59. The summed E-state index contributed by atoms with van der Waals surface area (Å²) >= 11 is 3.48. The SMILES string of the molecule is CC(C)C(NC(=O)C1CCN(Cc2ccc(Br)cc2)CC1)C(C)C. The van der Waals surface area contributed by atoms with Gasteiger partial charge in [0, 0.05) is 23.0 Å². The highest BCUT2D eigenvalue weighted by molar-refractivity contribution is 9.10. The summed E-state index contributed by atoms with van der Waals surface area (Å²) in [5.41, 5.74) is 1.33. The quantitative estimate of drug-likeness (QED) is 0.772. The van der Waals surface area contributed by atoms with Gasteiger partial charge < -0.3 is 5.32 Å². The van der Waals surface area contributed by atoms with Crippen LogP contribution in [0.25, 0.3) is 0 Å². The fourth-order valence-corrected chi connectivity index (χ4v) is 3.85. The Morgan fingerprint density at radius 2 is 1.67 bits per heavy atom. The molecule has 1 N–H and O–H groups in total. The van der Waals surface area contributed by atoms with Crippen LogP contribution in [-0.2, 0) is 11.3 Å². The monoisotopic (exact) mass is 394 g/mol. The van der Waals surface area contributed by atoms with Crippen molar-refractivity contribution in [2.24, 2.45) is 17.8 Å². The van der Waals surface area contributed by atoms with Crippen LogP contribution in [0.15, 0.2) is 28.7 Å². The lowest BCUT2D eigenvalue weighted by molar-refractivity contribution is -0.127. The predicted molar refractivity (Wildman–Crippen MR) is 104 cm³/mol. The Hall–Kier alpha value is -0.870. The third-order valence-electron chi connectivity index (χ3n) is 5.02. The minimum Gasteiger partial charge on any atom is -0.353 e. The van der Waals surface area contributed by atoms with Crippen molar-refractivity contribution in [1.82, 2.24) is 10.2 Å². The molecule has 1 aliphatic rings.